The molecule has 0 aromatic heterocycles. The van der Waals surface area contributed by atoms with E-state index in [0.29, 0.717) is 0 Å². The lowest BCUT2D eigenvalue weighted by Gasteiger charge is -1.93. The monoisotopic (exact) mass is 159 g/mol. The lowest BCUT2D eigenvalue weighted by atomic mass is 10.2. The summed E-state index contributed by atoms with van der Waals surface area (Å²) in [5.41, 5.74) is 0. The number of unbranched alkanes of at least 4 members (excludes halogenated alkanes) is 2. The maximum Gasteiger partial charge on any atom is -0.00519 e. The molecule has 0 atom stereocenters. The average Bonchev–Trinajstić information content (AvgIpc) is 2.13. The van der Waals surface area contributed by atoms with Crippen LogP contribution in [0.15, 0.2) is 13.2 Å². The molecule has 0 saturated carbocycles. The second-order valence-electron chi connectivity index (χ2n) is 1.81. The Labute approximate surface area is 72.9 Å². The van der Waals surface area contributed by atoms with E-state index in [4.69, 9.17) is 0 Å². The second-order valence-corrected chi connectivity index (χ2v) is 1.81. The van der Waals surface area contributed by atoms with Gasteiger partial charge in [0.05, 0.1) is 0 Å². The van der Waals surface area contributed by atoms with Gasteiger partial charge in [0.25, 0.3) is 0 Å². The molecule has 0 aromatic rings. The van der Waals surface area contributed by atoms with E-state index in [9.17, 15) is 0 Å². The summed E-state index contributed by atoms with van der Waals surface area (Å²) in [7, 11) is 2.00. The van der Waals surface area contributed by atoms with Gasteiger partial charge in [-0.2, -0.15) is 0 Å². The van der Waals surface area contributed by atoms with Crippen LogP contribution in [0.4, 0.5) is 0 Å². The van der Waals surface area contributed by atoms with Crippen molar-refractivity contribution in [2.24, 2.45) is 0 Å². The van der Waals surface area contributed by atoms with Crippen LogP contribution in [-0.4, -0.2) is 13.6 Å². The zero-order valence-electron chi connectivity index (χ0n) is 8.74. The van der Waals surface area contributed by atoms with Crippen molar-refractivity contribution in [2.45, 2.75) is 40.0 Å². The van der Waals surface area contributed by atoms with Crippen LogP contribution >= 0.6 is 0 Å². The lowest BCUT2D eigenvalue weighted by Crippen LogP contribution is -2.06. The zero-order chi connectivity index (χ0) is 9.54. The molecule has 0 spiro atoms. The predicted molar refractivity (Wildman–Crippen MR) is 56.1 cm³/mol. The van der Waals surface area contributed by atoms with Crippen molar-refractivity contribution in [1.82, 2.24) is 5.32 Å². The molecular weight excluding hydrogens is 134 g/mol. The summed E-state index contributed by atoms with van der Waals surface area (Å²) < 4.78 is 0. The fourth-order valence-corrected chi connectivity index (χ4v) is 0.552. The van der Waals surface area contributed by atoms with Crippen LogP contribution in [0.1, 0.15) is 40.0 Å². The molecule has 0 amide bonds. The molecule has 0 radical (unpaired) electrons. The third-order valence-corrected chi connectivity index (χ3v) is 1.03. The molecule has 1 N–H and O–H groups in total. The highest BCUT2D eigenvalue weighted by atomic mass is 14.8. The molecule has 11 heavy (non-hydrogen) atoms. The van der Waals surface area contributed by atoms with Gasteiger partial charge < -0.3 is 5.32 Å². The largest absolute Gasteiger partial charge is 0.320 e. The Hall–Kier alpha value is -0.300. The van der Waals surface area contributed by atoms with E-state index in [-0.39, 0.29) is 0 Å². The van der Waals surface area contributed by atoms with Crippen LogP contribution in [0, 0.1) is 0 Å². The van der Waals surface area contributed by atoms with Crippen molar-refractivity contribution in [3.63, 3.8) is 0 Å². The lowest BCUT2D eigenvalue weighted by molar-refractivity contribution is 0.667. The van der Waals surface area contributed by atoms with Gasteiger partial charge in [-0.3, -0.25) is 0 Å². The third kappa shape index (κ3) is 42.0. The van der Waals surface area contributed by atoms with Crippen molar-refractivity contribution in [3.8, 4) is 0 Å². The first kappa shape index (κ1) is 17.0. The second kappa shape index (κ2) is 33.2. The van der Waals surface area contributed by atoms with Crippen molar-refractivity contribution >= 4 is 0 Å². The first-order chi connectivity index (χ1) is 5.41. The normalized spacial score (nSPS) is 6.91. The Kier molecular flexibility index (Phi) is 51.3. The average molecular weight is 159 g/mol. The van der Waals surface area contributed by atoms with Gasteiger partial charge in [0.1, 0.15) is 0 Å². The summed E-state index contributed by atoms with van der Waals surface area (Å²) in [5, 5.41) is 3.10. The summed E-state index contributed by atoms with van der Waals surface area (Å²) in [5.74, 6) is 0. The Morgan fingerprint density at radius 3 is 1.82 bits per heavy atom. The molecular formula is C10H25N. The molecule has 0 aliphatic carbocycles. The Balaban J connectivity index is -0.000000138. The van der Waals surface area contributed by atoms with Gasteiger partial charge in [0, 0.05) is 0 Å². The molecule has 0 saturated heterocycles. The van der Waals surface area contributed by atoms with Gasteiger partial charge in [0.2, 0.25) is 0 Å². The third-order valence-electron chi connectivity index (χ3n) is 1.03. The maximum absolute atomic E-state index is 3.10. The van der Waals surface area contributed by atoms with Gasteiger partial charge in [0.15, 0.2) is 0 Å². The van der Waals surface area contributed by atoms with Gasteiger partial charge in [-0.05, 0) is 20.0 Å². The molecule has 70 valence electrons. The highest BCUT2D eigenvalue weighted by Gasteiger charge is 1.78. The molecule has 1 nitrogen and oxygen atoms in total. The fraction of sp³-hybridized carbons (Fsp3) is 0.800. The highest BCUT2D eigenvalue weighted by Crippen LogP contribution is 1.89. The van der Waals surface area contributed by atoms with Gasteiger partial charge in [-0.15, -0.1) is 13.2 Å². The molecule has 0 rings (SSSR count). The van der Waals surface area contributed by atoms with Crippen molar-refractivity contribution < 1.29 is 0 Å². The van der Waals surface area contributed by atoms with E-state index in [2.05, 4.69) is 25.4 Å². The quantitative estimate of drug-likeness (QED) is 0.490. The van der Waals surface area contributed by atoms with Gasteiger partial charge >= 0.3 is 0 Å². The van der Waals surface area contributed by atoms with E-state index in [1.165, 1.54) is 25.8 Å². The Morgan fingerprint density at radius 2 is 1.55 bits per heavy atom. The minimum Gasteiger partial charge on any atom is -0.320 e. The zero-order valence-corrected chi connectivity index (χ0v) is 8.74. The number of hydrogen-bond donors (Lipinski definition) is 1. The van der Waals surface area contributed by atoms with Crippen LogP contribution in [0.25, 0.3) is 0 Å². The van der Waals surface area contributed by atoms with Crippen LogP contribution in [0.2, 0.25) is 0 Å². The van der Waals surface area contributed by atoms with Gasteiger partial charge in [-0.1, -0.05) is 33.6 Å². The minimum atomic E-state index is 1.17. The first-order valence-corrected chi connectivity index (χ1v) is 4.56. The van der Waals surface area contributed by atoms with Crippen molar-refractivity contribution in [2.75, 3.05) is 13.6 Å². The summed E-state index contributed by atoms with van der Waals surface area (Å²) in [6, 6.07) is 0. The minimum absolute atomic E-state index is 1.17. The van der Waals surface area contributed by atoms with E-state index >= 15 is 0 Å². The summed E-state index contributed by atoms with van der Waals surface area (Å²) in [6.45, 7) is 13.4. The molecule has 0 aromatic carbocycles. The van der Waals surface area contributed by atoms with E-state index < -0.39 is 0 Å². The summed E-state index contributed by atoms with van der Waals surface area (Å²) >= 11 is 0. The van der Waals surface area contributed by atoms with Crippen molar-refractivity contribution in [1.29, 1.82) is 0 Å². The van der Waals surface area contributed by atoms with E-state index in [0.717, 1.165) is 0 Å². The predicted octanol–water partition coefficient (Wildman–Crippen LogP) is 3.22. The first-order valence-electron chi connectivity index (χ1n) is 4.56. The van der Waals surface area contributed by atoms with E-state index in [1.54, 1.807) is 0 Å². The van der Waals surface area contributed by atoms with Crippen LogP contribution in [-0.2, 0) is 0 Å². The fourth-order valence-electron chi connectivity index (χ4n) is 0.552. The van der Waals surface area contributed by atoms with Crippen molar-refractivity contribution in [3.05, 3.63) is 13.2 Å². The molecule has 0 aliphatic rings. The summed E-state index contributed by atoms with van der Waals surface area (Å²) in [4.78, 5) is 0. The smallest absolute Gasteiger partial charge is 0.00519 e. The molecule has 0 unspecified atom stereocenters. The Bertz CT molecular complexity index is 31.9. The van der Waals surface area contributed by atoms with Gasteiger partial charge in [-0.25, -0.2) is 0 Å². The van der Waals surface area contributed by atoms with Crippen LogP contribution in [0.5, 0.6) is 0 Å². The number of nitrogens with one attached hydrogen (secondary N) is 1. The molecule has 0 bridgehead atoms. The highest BCUT2D eigenvalue weighted by molar-refractivity contribution is 4.39. The Morgan fingerprint density at radius 1 is 1.09 bits per heavy atom. The maximum atomic E-state index is 3.10. The summed E-state index contributed by atoms with van der Waals surface area (Å²) in [6.07, 6.45) is 4.01. The molecule has 0 aliphatic heterocycles. The molecule has 0 fully saturated rings. The standard InChI is InChI=1S/C6H15N.C2H6.C2H4/c1-3-4-5-6-7-2;2*1-2/h7H,3-6H2,1-2H3;1-2H3;1-2H2. The SMILES string of the molecule is C=C.CC.CCCCCNC. The van der Waals surface area contributed by atoms with Crippen LogP contribution in [0.3, 0.4) is 0 Å². The number of rotatable bonds is 4. The topological polar surface area (TPSA) is 12.0 Å². The van der Waals surface area contributed by atoms with E-state index in [1.807, 2.05) is 20.9 Å². The molecule has 0 heterocycles. The number of hydrogen-bond acceptors (Lipinski definition) is 1. The molecule has 1 heteroatoms. The van der Waals surface area contributed by atoms with Crippen LogP contribution < -0.4 is 5.32 Å².